The topological polar surface area (TPSA) is 102 Å². The van der Waals surface area contributed by atoms with Gasteiger partial charge in [-0.3, -0.25) is 4.79 Å². The van der Waals surface area contributed by atoms with E-state index in [-0.39, 0.29) is 47.4 Å². The van der Waals surface area contributed by atoms with Crippen LogP contribution in [0.1, 0.15) is 43.5 Å². The van der Waals surface area contributed by atoms with Crippen LogP contribution in [0.2, 0.25) is 0 Å². The van der Waals surface area contributed by atoms with Crippen LogP contribution in [0, 0.1) is 5.92 Å². The summed E-state index contributed by atoms with van der Waals surface area (Å²) in [6.45, 7) is 4.88. The van der Waals surface area contributed by atoms with Crippen LogP contribution in [0.4, 0.5) is 0 Å². The fourth-order valence-electron chi connectivity index (χ4n) is 4.03. The fraction of sp³-hybridized carbons (Fsp3) is 0.632. The minimum absolute atomic E-state index is 0. The molecule has 1 aliphatic heterocycles. The first kappa shape index (κ1) is 23.1. The van der Waals surface area contributed by atoms with Crippen LogP contribution >= 0.6 is 12.4 Å². The Kier molecular flexibility index (Phi) is 7.87. The zero-order valence-corrected chi connectivity index (χ0v) is 18.0. The second-order valence-corrected chi connectivity index (χ2v) is 9.55. The number of hydrogen-bond donors (Lipinski definition) is 2. The third kappa shape index (κ3) is 5.04. The van der Waals surface area contributed by atoms with Crippen LogP contribution in [0.15, 0.2) is 29.2 Å². The third-order valence-corrected chi connectivity index (χ3v) is 7.23. The summed E-state index contributed by atoms with van der Waals surface area (Å²) in [5.41, 5.74) is 6.13. The van der Waals surface area contributed by atoms with E-state index in [1.54, 1.807) is 12.1 Å². The summed E-state index contributed by atoms with van der Waals surface area (Å²) in [4.78, 5) is 12.8. The quantitative estimate of drug-likeness (QED) is 0.739. The maximum absolute atomic E-state index is 13.0. The highest BCUT2D eigenvalue weighted by Crippen LogP contribution is 2.25. The molecule has 0 radical (unpaired) electrons. The normalized spacial score (nSPS) is 28.5. The lowest BCUT2D eigenvalue weighted by Gasteiger charge is -2.34. The van der Waals surface area contributed by atoms with E-state index >= 15 is 0 Å². The number of morpholine rings is 1. The standard InChI is InChI=1S/C19H29N3O4S.ClH/c1-13-11-22(12-14(2)26-13)27(24,25)17-7-3-5-15(9-17)19(23)21-18-8-4-6-16(18)10-20;/h3,5,7,9,13-14,16,18H,4,6,8,10-12,20H2,1-2H3,(H,21,23);1H. The Balaban J connectivity index is 0.00000280. The molecular weight excluding hydrogens is 402 g/mol. The molecule has 28 heavy (non-hydrogen) atoms. The van der Waals surface area contributed by atoms with E-state index in [0.717, 1.165) is 19.3 Å². The molecule has 4 unspecified atom stereocenters. The van der Waals surface area contributed by atoms with Crippen LogP contribution in [0.25, 0.3) is 0 Å². The molecule has 158 valence electrons. The molecule has 1 aromatic rings. The first-order chi connectivity index (χ1) is 12.8. The number of hydrogen-bond acceptors (Lipinski definition) is 5. The van der Waals surface area contributed by atoms with Crippen molar-refractivity contribution in [1.29, 1.82) is 0 Å². The largest absolute Gasteiger partial charge is 0.373 e. The summed E-state index contributed by atoms with van der Waals surface area (Å²) in [5, 5.41) is 3.02. The Morgan fingerprint density at radius 1 is 1.25 bits per heavy atom. The molecule has 1 aliphatic carbocycles. The van der Waals surface area contributed by atoms with Crippen molar-refractivity contribution in [2.75, 3.05) is 19.6 Å². The van der Waals surface area contributed by atoms with Gasteiger partial charge >= 0.3 is 0 Å². The predicted molar refractivity (Wildman–Crippen MR) is 110 cm³/mol. The highest BCUT2D eigenvalue weighted by atomic mass is 35.5. The summed E-state index contributed by atoms with van der Waals surface area (Å²) in [7, 11) is -3.67. The van der Waals surface area contributed by atoms with Gasteiger partial charge in [0.1, 0.15) is 0 Å². The third-order valence-electron chi connectivity index (χ3n) is 5.40. The summed E-state index contributed by atoms with van der Waals surface area (Å²) >= 11 is 0. The van der Waals surface area contributed by atoms with E-state index in [9.17, 15) is 13.2 Å². The molecule has 1 saturated carbocycles. The molecule has 3 N–H and O–H groups in total. The van der Waals surface area contributed by atoms with Crippen LogP contribution in [0.5, 0.6) is 0 Å². The smallest absolute Gasteiger partial charge is 0.251 e. The van der Waals surface area contributed by atoms with Gasteiger partial charge in [0, 0.05) is 24.7 Å². The number of ether oxygens (including phenoxy) is 1. The highest BCUT2D eigenvalue weighted by Gasteiger charge is 2.33. The lowest BCUT2D eigenvalue weighted by molar-refractivity contribution is -0.0440. The summed E-state index contributed by atoms with van der Waals surface area (Å²) < 4.78 is 33.1. The van der Waals surface area contributed by atoms with Gasteiger partial charge in [-0.05, 0) is 57.4 Å². The monoisotopic (exact) mass is 431 g/mol. The zero-order chi connectivity index (χ0) is 19.6. The summed E-state index contributed by atoms with van der Waals surface area (Å²) in [6.07, 6.45) is 2.66. The molecule has 9 heteroatoms. The molecule has 4 atom stereocenters. The zero-order valence-electron chi connectivity index (χ0n) is 16.3. The van der Waals surface area contributed by atoms with E-state index in [0.29, 0.717) is 25.2 Å². The van der Waals surface area contributed by atoms with Gasteiger partial charge in [0.05, 0.1) is 17.1 Å². The first-order valence-corrected chi connectivity index (χ1v) is 11.0. The Morgan fingerprint density at radius 3 is 2.57 bits per heavy atom. The minimum Gasteiger partial charge on any atom is -0.373 e. The molecule has 7 nitrogen and oxygen atoms in total. The molecule has 1 saturated heterocycles. The van der Waals surface area contributed by atoms with Crippen molar-refractivity contribution < 1.29 is 17.9 Å². The molecule has 2 aliphatic rings. The average Bonchev–Trinajstić information content (AvgIpc) is 3.08. The maximum atomic E-state index is 13.0. The second kappa shape index (κ2) is 9.54. The van der Waals surface area contributed by atoms with Gasteiger partial charge in [-0.1, -0.05) is 12.5 Å². The number of amides is 1. The lowest BCUT2D eigenvalue weighted by Crippen LogP contribution is -2.48. The number of rotatable bonds is 5. The molecule has 3 rings (SSSR count). The van der Waals surface area contributed by atoms with Crippen LogP contribution in [0.3, 0.4) is 0 Å². The number of nitrogens with zero attached hydrogens (tertiary/aromatic N) is 1. The van der Waals surface area contributed by atoms with Gasteiger partial charge in [0.2, 0.25) is 10.0 Å². The van der Waals surface area contributed by atoms with Crippen molar-refractivity contribution in [3.63, 3.8) is 0 Å². The highest BCUT2D eigenvalue weighted by molar-refractivity contribution is 7.89. The fourth-order valence-corrected chi connectivity index (χ4v) is 5.67. The molecule has 0 bridgehead atoms. The van der Waals surface area contributed by atoms with Gasteiger partial charge in [-0.2, -0.15) is 4.31 Å². The van der Waals surface area contributed by atoms with Crippen LogP contribution in [-0.4, -0.2) is 56.5 Å². The first-order valence-electron chi connectivity index (χ1n) is 9.58. The maximum Gasteiger partial charge on any atom is 0.251 e. The van der Waals surface area contributed by atoms with Gasteiger partial charge in [-0.25, -0.2) is 8.42 Å². The SMILES string of the molecule is CC1CN(S(=O)(=O)c2cccc(C(=O)NC3CCCC3CN)c2)CC(C)O1.Cl. The van der Waals surface area contributed by atoms with Gasteiger partial charge in [-0.15, -0.1) is 12.4 Å². The summed E-state index contributed by atoms with van der Waals surface area (Å²) in [6, 6.07) is 6.32. The number of nitrogens with two attached hydrogens (primary N) is 1. The Labute approximate surface area is 173 Å². The van der Waals surface area contributed by atoms with Crippen LogP contribution in [-0.2, 0) is 14.8 Å². The van der Waals surface area contributed by atoms with Gasteiger partial charge < -0.3 is 15.8 Å². The lowest BCUT2D eigenvalue weighted by atomic mass is 10.0. The van der Waals surface area contributed by atoms with E-state index in [1.807, 2.05) is 13.8 Å². The van der Waals surface area contributed by atoms with E-state index in [2.05, 4.69) is 5.32 Å². The summed E-state index contributed by atoms with van der Waals surface area (Å²) in [5.74, 6) is 0.0401. The minimum atomic E-state index is -3.67. The van der Waals surface area contributed by atoms with E-state index < -0.39 is 10.0 Å². The number of benzene rings is 1. The molecular formula is C19H30ClN3O4S. The van der Waals surface area contributed by atoms with Crippen molar-refractivity contribution in [3.8, 4) is 0 Å². The van der Waals surface area contributed by atoms with Gasteiger partial charge in [0.25, 0.3) is 5.91 Å². The van der Waals surface area contributed by atoms with Gasteiger partial charge in [0.15, 0.2) is 0 Å². The van der Waals surface area contributed by atoms with Crippen LogP contribution < -0.4 is 11.1 Å². The van der Waals surface area contributed by atoms with Crippen molar-refractivity contribution >= 4 is 28.3 Å². The Hall–Kier alpha value is -1.19. The number of halogens is 1. The number of nitrogens with one attached hydrogen (secondary N) is 1. The number of sulfonamides is 1. The predicted octanol–water partition coefficient (Wildman–Crippen LogP) is 1.76. The molecule has 1 amide bonds. The Bertz CT molecular complexity index is 779. The number of carbonyl (C=O) groups excluding carboxylic acids is 1. The van der Waals surface area contributed by atoms with Crippen molar-refractivity contribution in [3.05, 3.63) is 29.8 Å². The average molecular weight is 432 g/mol. The molecule has 1 heterocycles. The van der Waals surface area contributed by atoms with E-state index in [1.165, 1.54) is 16.4 Å². The second-order valence-electron chi connectivity index (χ2n) is 7.61. The molecule has 0 aromatic heterocycles. The van der Waals surface area contributed by atoms with Crippen molar-refractivity contribution in [2.24, 2.45) is 11.7 Å². The number of carbonyl (C=O) groups is 1. The van der Waals surface area contributed by atoms with Crippen molar-refractivity contribution in [1.82, 2.24) is 9.62 Å². The molecule has 0 spiro atoms. The molecule has 1 aromatic carbocycles. The Morgan fingerprint density at radius 2 is 1.93 bits per heavy atom. The van der Waals surface area contributed by atoms with E-state index in [4.69, 9.17) is 10.5 Å². The van der Waals surface area contributed by atoms with Crippen molar-refractivity contribution in [2.45, 2.75) is 56.3 Å². The molecule has 2 fully saturated rings.